The Hall–Kier alpha value is -1.24. The lowest BCUT2D eigenvalue weighted by Crippen LogP contribution is -2.26. The first-order valence-corrected chi connectivity index (χ1v) is 7.44. The highest BCUT2D eigenvalue weighted by Gasteiger charge is 2.11. The van der Waals surface area contributed by atoms with E-state index in [0.717, 1.165) is 15.7 Å². The molecular weight excluding hydrogens is 388 g/mol. The molecule has 0 aliphatic heterocycles. The summed E-state index contributed by atoms with van der Waals surface area (Å²) in [6.07, 6.45) is 0. The molecule has 2 rings (SSSR count). The lowest BCUT2D eigenvalue weighted by atomic mass is 10.2. The van der Waals surface area contributed by atoms with Gasteiger partial charge in [0, 0.05) is 17.1 Å². The number of anilines is 1. The average molecular weight is 402 g/mol. The van der Waals surface area contributed by atoms with Crippen LogP contribution in [-0.2, 0) is 6.61 Å². The fraction of sp³-hybridized carbons (Fsp3) is 0.143. The summed E-state index contributed by atoms with van der Waals surface area (Å²) < 4.78 is 7.41. The number of phenolic OH excluding ortho intramolecular Hbond substituents is 1. The van der Waals surface area contributed by atoms with Crippen molar-refractivity contribution in [1.29, 1.82) is 0 Å². The Bertz CT molecular complexity index is 618. The van der Waals surface area contributed by atoms with Gasteiger partial charge in [0.2, 0.25) is 0 Å². The third-order valence-electron chi connectivity index (χ3n) is 2.76. The molecule has 0 unspecified atom stereocenters. The first kappa shape index (κ1) is 15.2. The Morgan fingerprint density at radius 2 is 1.95 bits per heavy atom. The first-order chi connectivity index (χ1) is 9.49. The van der Waals surface area contributed by atoms with E-state index in [9.17, 15) is 5.11 Å². The summed E-state index contributed by atoms with van der Waals surface area (Å²) >= 11 is 6.86. The molecule has 0 saturated carbocycles. The second kappa shape index (κ2) is 6.47. The summed E-state index contributed by atoms with van der Waals surface area (Å²) in [4.78, 5) is 0. The monoisotopic (exact) mass is 400 g/mol. The lowest BCUT2D eigenvalue weighted by molar-refractivity contribution is 0.303. The number of hydrogen-bond acceptors (Lipinski definition) is 4. The Balaban J connectivity index is 2.23. The third kappa shape index (κ3) is 3.45. The number of hydrazine groups is 1. The zero-order valence-corrected chi connectivity index (χ0v) is 14.0. The second-order valence-electron chi connectivity index (χ2n) is 4.25. The van der Waals surface area contributed by atoms with Gasteiger partial charge in [-0.3, -0.25) is 0 Å². The fourth-order valence-corrected chi connectivity index (χ4v) is 2.73. The van der Waals surface area contributed by atoms with Gasteiger partial charge < -0.3 is 14.9 Å². The zero-order chi connectivity index (χ0) is 14.7. The van der Waals surface area contributed by atoms with Gasteiger partial charge in [0.1, 0.15) is 18.1 Å². The summed E-state index contributed by atoms with van der Waals surface area (Å²) in [6, 6.07) is 10.7. The van der Waals surface area contributed by atoms with Crippen LogP contribution in [0.4, 0.5) is 5.69 Å². The van der Waals surface area contributed by atoms with Gasteiger partial charge in [-0.25, -0.2) is 5.84 Å². The SMILES string of the molecule is CN(N)c1cccc(Br)c1COc1ccc(O)cc1Br. The minimum absolute atomic E-state index is 0.187. The van der Waals surface area contributed by atoms with E-state index < -0.39 is 0 Å². The van der Waals surface area contributed by atoms with Gasteiger partial charge in [-0.05, 0) is 46.3 Å². The van der Waals surface area contributed by atoms with Crippen molar-refractivity contribution in [2.75, 3.05) is 12.1 Å². The van der Waals surface area contributed by atoms with Crippen LogP contribution in [0.3, 0.4) is 0 Å². The summed E-state index contributed by atoms with van der Waals surface area (Å²) in [7, 11) is 1.78. The molecule has 0 radical (unpaired) electrons. The molecule has 106 valence electrons. The summed E-state index contributed by atoms with van der Waals surface area (Å²) in [6.45, 7) is 0.363. The standard InChI is InChI=1S/C14H14Br2N2O2/c1-18(17)13-4-2-3-11(15)10(13)8-20-14-6-5-9(19)7-12(14)16/h2-7,19H,8,17H2,1H3. The molecule has 0 aliphatic rings. The van der Waals surface area contributed by atoms with Crippen molar-refractivity contribution in [3.05, 3.63) is 50.9 Å². The van der Waals surface area contributed by atoms with Crippen LogP contribution in [0.2, 0.25) is 0 Å². The number of hydrogen-bond donors (Lipinski definition) is 2. The van der Waals surface area contributed by atoms with Crippen LogP contribution < -0.4 is 15.6 Å². The molecule has 0 fully saturated rings. The summed E-state index contributed by atoms with van der Waals surface area (Å²) in [5.41, 5.74) is 1.84. The van der Waals surface area contributed by atoms with Crippen molar-refractivity contribution in [1.82, 2.24) is 0 Å². The van der Waals surface area contributed by atoms with Crippen molar-refractivity contribution >= 4 is 37.5 Å². The highest BCUT2D eigenvalue weighted by molar-refractivity contribution is 9.10. The molecule has 2 aromatic carbocycles. The molecule has 0 aromatic heterocycles. The number of nitrogens with two attached hydrogens (primary N) is 1. The number of rotatable bonds is 4. The predicted molar refractivity (Wildman–Crippen MR) is 86.9 cm³/mol. The van der Waals surface area contributed by atoms with Crippen LogP contribution in [0.5, 0.6) is 11.5 Å². The van der Waals surface area contributed by atoms with Crippen LogP contribution in [0.15, 0.2) is 45.3 Å². The van der Waals surface area contributed by atoms with Crippen molar-refractivity contribution in [3.63, 3.8) is 0 Å². The maximum Gasteiger partial charge on any atom is 0.134 e. The van der Waals surface area contributed by atoms with E-state index in [1.54, 1.807) is 30.3 Å². The van der Waals surface area contributed by atoms with Crippen LogP contribution in [0.1, 0.15) is 5.56 Å². The van der Waals surface area contributed by atoms with Gasteiger partial charge >= 0.3 is 0 Å². The van der Waals surface area contributed by atoms with E-state index in [1.165, 1.54) is 0 Å². The van der Waals surface area contributed by atoms with E-state index in [1.807, 2.05) is 18.2 Å². The molecule has 0 atom stereocenters. The molecule has 0 bridgehead atoms. The maximum atomic E-state index is 9.37. The molecular formula is C14H14Br2N2O2. The molecule has 0 saturated heterocycles. The quantitative estimate of drug-likeness (QED) is 0.604. The van der Waals surface area contributed by atoms with Crippen LogP contribution in [0, 0.1) is 0 Å². The van der Waals surface area contributed by atoms with Gasteiger partial charge in [0.25, 0.3) is 0 Å². The molecule has 0 heterocycles. The molecule has 20 heavy (non-hydrogen) atoms. The van der Waals surface area contributed by atoms with Crippen LogP contribution in [0.25, 0.3) is 0 Å². The van der Waals surface area contributed by atoms with Crippen LogP contribution in [-0.4, -0.2) is 12.2 Å². The first-order valence-electron chi connectivity index (χ1n) is 5.86. The van der Waals surface area contributed by atoms with Gasteiger partial charge in [0.15, 0.2) is 0 Å². The minimum Gasteiger partial charge on any atom is -0.508 e. The zero-order valence-electron chi connectivity index (χ0n) is 10.8. The molecule has 0 spiro atoms. The summed E-state index contributed by atoms with van der Waals surface area (Å²) in [5, 5.41) is 10.9. The van der Waals surface area contributed by atoms with Crippen molar-refractivity contribution in [2.24, 2.45) is 5.84 Å². The maximum absolute atomic E-state index is 9.37. The summed E-state index contributed by atoms with van der Waals surface area (Å²) in [5.74, 6) is 6.66. The number of phenols is 1. The molecule has 0 aliphatic carbocycles. The number of ether oxygens (including phenoxy) is 1. The van der Waals surface area contributed by atoms with E-state index in [2.05, 4.69) is 31.9 Å². The largest absolute Gasteiger partial charge is 0.508 e. The van der Waals surface area contributed by atoms with E-state index in [-0.39, 0.29) is 5.75 Å². The average Bonchev–Trinajstić information content (AvgIpc) is 2.38. The minimum atomic E-state index is 0.187. The van der Waals surface area contributed by atoms with Gasteiger partial charge in [-0.1, -0.05) is 22.0 Å². The van der Waals surface area contributed by atoms with E-state index >= 15 is 0 Å². The second-order valence-corrected chi connectivity index (χ2v) is 5.96. The van der Waals surface area contributed by atoms with Gasteiger partial charge in [-0.2, -0.15) is 0 Å². The molecule has 3 N–H and O–H groups in total. The van der Waals surface area contributed by atoms with E-state index in [0.29, 0.717) is 16.8 Å². The van der Waals surface area contributed by atoms with Crippen molar-refractivity contribution in [2.45, 2.75) is 6.61 Å². The van der Waals surface area contributed by atoms with Gasteiger partial charge in [-0.15, -0.1) is 0 Å². The van der Waals surface area contributed by atoms with Crippen molar-refractivity contribution in [3.8, 4) is 11.5 Å². The molecule has 0 amide bonds. The molecule has 6 heteroatoms. The fourth-order valence-electron chi connectivity index (χ4n) is 1.78. The van der Waals surface area contributed by atoms with E-state index in [4.69, 9.17) is 10.6 Å². The Kier molecular flexibility index (Phi) is 4.91. The topological polar surface area (TPSA) is 58.7 Å². The Labute approximate surface area is 134 Å². The van der Waals surface area contributed by atoms with Crippen LogP contribution >= 0.6 is 31.9 Å². The Morgan fingerprint density at radius 1 is 1.20 bits per heavy atom. The number of benzene rings is 2. The highest BCUT2D eigenvalue weighted by Crippen LogP contribution is 2.32. The smallest absolute Gasteiger partial charge is 0.134 e. The predicted octanol–water partition coefficient (Wildman–Crippen LogP) is 3.81. The van der Waals surface area contributed by atoms with Gasteiger partial charge in [0.05, 0.1) is 10.2 Å². The Morgan fingerprint density at radius 3 is 2.60 bits per heavy atom. The molecule has 2 aromatic rings. The molecule has 4 nitrogen and oxygen atoms in total. The number of nitrogens with zero attached hydrogens (tertiary/aromatic N) is 1. The highest BCUT2D eigenvalue weighted by atomic mass is 79.9. The number of aromatic hydroxyl groups is 1. The van der Waals surface area contributed by atoms with Crippen molar-refractivity contribution < 1.29 is 9.84 Å². The normalized spacial score (nSPS) is 10.4. The number of halogens is 2. The third-order valence-corrected chi connectivity index (χ3v) is 4.12. The lowest BCUT2D eigenvalue weighted by Gasteiger charge is -2.19.